The van der Waals surface area contributed by atoms with Gasteiger partial charge in [0.15, 0.2) is 11.5 Å². The zero-order valence-corrected chi connectivity index (χ0v) is 16.6. The van der Waals surface area contributed by atoms with Crippen molar-refractivity contribution in [3.8, 4) is 11.5 Å². The molecule has 1 aliphatic heterocycles. The van der Waals surface area contributed by atoms with Crippen LogP contribution < -0.4 is 14.8 Å². The second kappa shape index (κ2) is 8.57. The Morgan fingerprint density at radius 1 is 1.00 bits per heavy atom. The minimum atomic E-state index is -0.0403. The Morgan fingerprint density at radius 3 is 2.64 bits per heavy atom. The van der Waals surface area contributed by atoms with Crippen molar-refractivity contribution in [1.29, 1.82) is 0 Å². The molecule has 0 spiro atoms. The molecular formula is C23H23NO3S. The van der Waals surface area contributed by atoms with Crippen LogP contribution in [0.1, 0.15) is 24.9 Å². The molecule has 1 amide bonds. The number of thioether (sulfide) groups is 1. The van der Waals surface area contributed by atoms with Crippen LogP contribution in [0.25, 0.3) is 10.8 Å². The summed E-state index contributed by atoms with van der Waals surface area (Å²) in [5, 5.41) is 5.47. The Morgan fingerprint density at radius 2 is 1.79 bits per heavy atom. The lowest BCUT2D eigenvalue weighted by Crippen LogP contribution is -2.28. The molecule has 28 heavy (non-hydrogen) atoms. The summed E-state index contributed by atoms with van der Waals surface area (Å²) < 4.78 is 11.4. The molecule has 1 heterocycles. The maximum atomic E-state index is 12.4. The molecular weight excluding hydrogens is 370 g/mol. The van der Waals surface area contributed by atoms with Crippen molar-refractivity contribution >= 4 is 28.4 Å². The van der Waals surface area contributed by atoms with Gasteiger partial charge in [-0.3, -0.25) is 4.79 Å². The fourth-order valence-electron chi connectivity index (χ4n) is 3.23. The van der Waals surface area contributed by atoms with Crippen LogP contribution in [0.4, 0.5) is 0 Å². The molecule has 5 heteroatoms. The van der Waals surface area contributed by atoms with Gasteiger partial charge in [-0.05, 0) is 47.5 Å². The summed E-state index contributed by atoms with van der Waals surface area (Å²) in [5.74, 6) is 1.90. The molecule has 0 bridgehead atoms. The van der Waals surface area contributed by atoms with Crippen LogP contribution in [0, 0.1) is 0 Å². The van der Waals surface area contributed by atoms with Crippen LogP contribution in [0.5, 0.6) is 11.5 Å². The molecule has 0 fully saturated rings. The van der Waals surface area contributed by atoms with E-state index in [1.165, 1.54) is 22.5 Å². The number of ether oxygens (including phenoxy) is 2. The molecule has 1 atom stereocenters. The maximum Gasteiger partial charge on any atom is 0.230 e. The molecule has 3 aromatic rings. The van der Waals surface area contributed by atoms with Crippen molar-refractivity contribution in [3.63, 3.8) is 0 Å². The minimum absolute atomic E-state index is 0.0118. The van der Waals surface area contributed by atoms with Gasteiger partial charge < -0.3 is 14.8 Å². The number of rotatable bonds is 5. The molecule has 0 aliphatic carbocycles. The molecule has 0 aromatic heterocycles. The predicted octanol–water partition coefficient (Wildman–Crippen LogP) is 4.97. The Labute approximate surface area is 169 Å². The first-order valence-corrected chi connectivity index (χ1v) is 10.5. The van der Waals surface area contributed by atoms with Crippen LogP contribution in [-0.2, 0) is 4.79 Å². The van der Waals surface area contributed by atoms with Crippen LogP contribution >= 0.6 is 11.8 Å². The predicted molar refractivity (Wildman–Crippen MR) is 113 cm³/mol. The number of benzene rings is 3. The van der Waals surface area contributed by atoms with Crippen molar-refractivity contribution in [2.45, 2.75) is 24.3 Å². The first-order chi connectivity index (χ1) is 13.7. The highest BCUT2D eigenvalue weighted by molar-refractivity contribution is 8.00. The molecule has 0 saturated heterocycles. The van der Waals surface area contributed by atoms with Gasteiger partial charge in [-0.25, -0.2) is 0 Å². The van der Waals surface area contributed by atoms with Gasteiger partial charge in [-0.1, -0.05) is 36.4 Å². The van der Waals surface area contributed by atoms with Crippen molar-refractivity contribution in [1.82, 2.24) is 5.32 Å². The van der Waals surface area contributed by atoms with Crippen molar-refractivity contribution in [3.05, 3.63) is 66.2 Å². The number of carbonyl (C=O) groups is 1. The number of amides is 1. The molecule has 0 saturated carbocycles. The molecule has 1 aliphatic rings. The molecule has 144 valence electrons. The second-order valence-electron chi connectivity index (χ2n) is 6.84. The molecule has 0 radical (unpaired) electrons. The highest BCUT2D eigenvalue weighted by atomic mass is 32.2. The van der Waals surface area contributed by atoms with E-state index < -0.39 is 0 Å². The van der Waals surface area contributed by atoms with Crippen LogP contribution in [0.2, 0.25) is 0 Å². The largest absolute Gasteiger partial charge is 0.490 e. The van der Waals surface area contributed by atoms with Crippen LogP contribution in [0.15, 0.2) is 65.6 Å². The van der Waals surface area contributed by atoms with Gasteiger partial charge in [0.2, 0.25) is 5.91 Å². The van der Waals surface area contributed by atoms with E-state index in [9.17, 15) is 4.79 Å². The summed E-state index contributed by atoms with van der Waals surface area (Å²) in [6, 6.07) is 20.3. The average molecular weight is 394 g/mol. The normalized spacial score (nSPS) is 14.3. The van der Waals surface area contributed by atoms with E-state index >= 15 is 0 Å². The fourth-order valence-corrected chi connectivity index (χ4v) is 3.96. The minimum Gasteiger partial charge on any atom is -0.490 e. The highest BCUT2D eigenvalue weighted by Crippen LogP contribution is 2.33. The van der Waals surface area contributed by atoms with Gasteiger partial charge in [0, 0.05) is 11.3 Å². The third kappa shape index (κ3) is 4.42. The highest BCUT2D eigenvalue weighted by Gasteiger charge is 2.13. The van der Waals surface area contributed by atoms with E-state index in [4.69, 9.17) is 9.47 Å². The molecule has 4 rings (SSSR count). The molecule has 1 N–H and O–H groups in total. The van der Waals surface area contributed by atoms with E-state index in [1.54, 1.807) is 0 Å². The second-order valence-corrected chi connectivity index (χ2v) is 7.89. The van der Waals surface area contributed by atoms with Gasteiger partial charge in [0.05, 0.1) is 25.0 Å². The zero-order valence-electron chi connectivity index (χ0n) is 15.8. The van der Waals surface area contributed by atoms with E-state index in [1.807, 2.05) is 37.3 Å². The Balaban J connectivity index is 1.35. The van der Waals surface area contributed by atoms with Crippen LogP contribution in [0.3, 0.4) is 0 Å². The van der Waals surface area contributed by atoms with Gasteiger partial charge in [0.25, 0.3) is 0 Å². The average Bonchev–Trinajstić information content (AvgIpc) is 2.97. The Kier molecular flexibility index (Phi) is 5.72. The molecule has 1 unspecified atom stereocenters. The van der Waals surface area contributed by atoms with Crippen molar-refractivity contribution < 1.29 is 14.3 Å². The Bertz CT molecular complexity index is 988. The van der Waals surface area contributed by atoms with Crippen molar-refractivity contribution in [2.75, 3.05) is 19.0 Å². The van der Waals surface area contributed by atoms with Crippen LogP contribution in [-0.4, -0.2) is 24.9 Å². The summed E-state index contributed by atoms with van der Waals surface area (Å²) >= 11 is 1.50. The lowest BCUT2D eigenvalue weighted by Gasteiger charge is -2.15. The standard InChI is InChI=1S/C23H23NO3S/c1-16(18-8-7-17-5-2-3-6-19(17)13-18)24-23(25)15-28-20-9-10-21-22(14-20)27-12-4-11-26-21/h2-3,5-10,13-14,16H,4,11-12,15H2,1H3,(H,24,25). The van der Waals surface area contributed by atoms with E-state index in [0.29, 0.717) is 19.0 Å². The zero-order chi connectivity index (χ0) is 19.3. The lowest BCUT2D eigenvalue weighted by atomic mass is 10.0. The van der Waals surface area contributed by atoms with E-state index in [0.717, 1.165) is 28.4 Å². The summed E-state index contributed by atoms with van der Waals surface area (Å²) in [4.78, 5) is 13.4. The fraction of sp³-hybridized carbons (Fsp3) is 0.261. The number of hydrogen-bond donors (Lipinski definition) is 1. The maximum absolute atomic E-state index is 12.4. The SMILES string of the molecule is CC(NC(=O)CSc1ccc2c(c1)OCCCO2)c1ccc2ccccc2c1. The number of fused-ring (bicyclic) bond motifs is 2. The summed E-state index contributed by atoms with van der Waals surface area (Å²) in [6.45, 7) is 3.35. The summed E-state index contributed by atoms with van der Waals surface area (Å²) in [7, 11) is 0. The molecule has 3 aromatic carbocycles. The third-order valence-corrected chi connectivity index (χ3v) is 5.73. The smallest absolute Gasteiger partial charge is 0.230 e. The number of nitrogens with one attached hydrogen (secondary N) is 1. The third-order valence-electron chi connectivity index (χ3n) is 4.74. The Hall–Kier alpha value is -2.66. The first kappa shape index (κ1) is 18.7. The number of carbonyl (C=O) groups excluding carboxylic acids is 1. The summed E-state index contributed by atoms with van der Waals surface area (Å²) in [6.07, 6.45) is 0.881. The van der Waals surface area contributed by atoms with Crippen molar-refractivity contribution in [2.24, 2.45) is 0 Å². The monoisotopic (exact) mass is 393 g/mol. The topological polar surface area (TPSA) is 47.6 Å². The summed E-state index contributed by atoms with van der Waals surface area (Å²) in [5.41, 5.74) is 1.10. The van der Waals surface area contributed by atoms with Gasteiger partial charge >= 0.3 is 0 Å². The van der Waals surface area contributed by atoms with Gasteiger partial charge in [-0.15, -0.1) is 11.8 Å². The van der Waals surface area contributed by atoms with E-state index in [-0.39, 0.29) is 11.9 Å². The number of hydrogen-bond acceptors (Lipinski definition) is 4. The molecule has 4 nitrogen and oxygen atoms in total. The quantitative estimate of drug-likeness (QED) is 0.622. The lowest BCUT2D eigenvalue weighted by molar-refractivity contribution is -0.119. The van der Waals surface area contributed by atoms with E-state index in [2.05, 4.69) is 35.6 Å². The van der Waals surface area contributed by atoms with Gasteiger partial charge in [-0.2, -0.15) is 0 Å². The first-order valence-electron chi connectivity index (χ1n) is 9.49. The van der Waals surface area contributed by atoms with Gasteiger partial charge in [0.1, 0.15) is 0 Å².